The number of urea groups is 1. The first-order chi connectivity index (χ1) is 14.3. The highest BCUT2D eigenvalue weighted by Gasteiger charge is 2.53. The van der Waals surface area contributed by atoms with Gasteiger partial charge < -0.3 is 5.73 Å². The molecular weight excluding hydrogens is 420 g/mol. The van der Waals surface area contributed by atoms with Crippen LogP contribution in [-0.2, 0) is 11.0 Å². The normalized spacial score (nSPS) is 15.9. The van der Waals surface area contributed by atoms with E-state index in [9.17, 15) is 31.9 Å². The predicted octanol–water partition coefficient (Wildman–Crippen LogP) is 3.57. The number of nitrogens with zero attached hydrogens (tertiary/aromatic N) is 3. The van der Waals surface area contributed by atoms with Crippen molar-refractivity contribution in [3.63, 3.8) is 0 Å². The smallest absolute Gasteiger partial charge is 0.366 e. The average molecular weight is 434 g/mol. The van der Waals surface area contributed by atoms with Gasteiger partial charge in [-0.1, -0.05) is 0 Å². The molecule has 160 valence electrons. The number of nitriles is 1. The molecule has 0 radical (unpaired) electrons. The van der Waals surface area contributed by atoms with Crippen molar-refractivity contribution in [2.45, 2.75) is 25.6 Å². The van der Waals surface area contributed by atoms with E-state index in [-0.39, 0.29) is 5.69 Å². The van der Waals surface area contributed by atoms with Gasteiger partial charge in [-0.25, -0.2) is 14.1 Å². The van der Waals surface area contributed by atoms with Gasteiger partial charge in [0.1, 0.15) is 11.4 Å². The van der Waals surface area contributed by atoms with E-state index >= 15 is 0 Å². The quantitative estimate of drug-likeness (QED) is 0.589. The Kier molecular flexibility index (Phi) is 4.97. The van der Waals surface area contributed by atoms with Gasteiger partial charge in [-0.05, 0) is 50.2 Å². The summed E-state index contributed by atoms with van der Waals surface area (Å²) in [7, 11) is 0. The fraction of sp³-hybridized carbons (Fsp3) is 0.200. The van der Waals surface area contributed by atoms with Crippen LogP contribution in [0, 0.1) is 17.1 Å². The first-order valence-corrected chi connectivity index (χ1v) is 8.70. The van der Waals surface area contributed by atoms with Gasteiger partial charge in [0, 0.05) is 5.69 Å². The number of benzene rings is 2. The Bertz CT molecular complexity index is 1170. The molecule has 2 aromatic carbocycles. The third-order valence-corrected chi connectivity index (χ3v) is 4.83. The van der Waals surface area contributed by atoms with Crippen LogP contribution in [0.3, 0.4) is 0 Å². The van der Waals surface area contributed by atoms with E-state index in [0.29, 0.717) is 11.0 Å². The minimum absolute atomic E-state index is 0.0990. The van der Waals surface area contributed by atoms with Crippen LogP contribution in [0.1, 0.15) is 35.3 Å². The van der Waals surface area contributed by atoms with Gasteiger partial charge >= 0.3 is 12.2 Å². The van der Waals surface area contributed by atoms with Crippen molar-refractivity contribution in [3.8, 4) is 6.07 Å². The third-order valence-electron chi connectivity index (χ3n) is 4.83. The fourth-order valence-electron chi connectivity index (χ4n) is 3.30. The van der Waals surface area contributed by atoms with Crippen molar-refractivity contribution in [1.29, 1.82) is 5.26 Å². The Morgan fingerprint density at radius 1 is 1.10 bits per heavy atom. The maximum absolute atomic E-state index is 14.2. The topological polar surface area (TPSA) is 108 Å². The van der Waals surface area contributed by atoms with Crippen molar-refractivity contribution in [1.82, 2.24) is 0 Å². The summed E-state index contributed by atoms with van der Waals surface area (Å²) in [4.78, 5) is 38.6. The molecule has 0 saturated carbocycles. The SMILES string of the molecule is CC1(C)C(=O)N(c2ccc(C#N)c(C(F)(F)F)c2)C(=O)N1c1ccc(C(N)=O)c(F)c1. The Hall–Kier alpha value is -3.94. The van der Waals surface area contributed by atoms with Crippen molar-refractivity contribution in [3.05, 3.63) is 58.9 Å². The second-order valence-electron chi connectivity index (χ2n) is 7.19. The summed E-state index contributed by atoms with van der Waals surface area (Å²) in [6, 6.07) is 5.88. The van der Waals surface area contributed by atoms with Gasteiger partial charge in [0.25, 0.3) is 11.8 Å². The van der Waals surface area contributed by atoms with Crippen LogP contribution in [0.15, 0.2) is 36.4 Å². The zero-order chi connectivity index (χ0) is 23.3. The molecule has 0 bridgehead atoms. The number of halogens is 4. The van der Waals surface area contributed by atoms with E-state index in [0.717, 1.165) is 29.2 Å². The molecule has 7 nitrogen and oxygen atoms in total. The highest BCUT2D eigenvalue weighted by molar-refractivity contribution is 6.30. The first-order valence-electron chi connectivity index (χ1n) is 8.70. The number of carbonyl (C=O) groups excluding carboxylic acids is 3. The van der Waals surface area contributed by atoms with Crippen molar-refractivity contribution < 1.29 is 31.9 Å². The van der Waals surface area contributed by atoms with Crippen LogP contribution in [-0.4, -0.2) is 23.4 Å². The molecule has 31 heavy (non-hydrogen) atoms. The predicted molar refractivity (Wildman–Crippen MR) is 101 cm³/mol. The zero-order valence-electron chi connectivity index (χ0n) is 16.1. The van der Waals surface area contributed by atoms with E-state index in [1.807, 2.05) is 0 Å². The molecule has 1 fully saturated rings. The van der Waals surface area contributed by atoms with E-state index in [4.69, 9.17) is 11.0 Å². The number of primary amides is 1. The molecule has 11 heteroatoms. The van der Waals surface area contributed by atoms with Crippen LogP contribution in [0.4, 0.5) is 33.7 Å². The second-order valence-corrected chi connectivity index (χ2v) is 7.19. The number of nitrogens with two attached hydrogens (primary N) is 1. The van der Waals surface area contributed by atoms with Crippen molar-refractivity contribution in [2.24, 2.45) is 5.73 Å². The lowest BCUT2D eigenvalue weighted by Gasteiger charge is -2.27. The summed E-state index contributed by atoms with van der Waals surface area (Å²) in [6.45, 7) is 2.67. The Morgan fingerprint density at radius 2 is 1.71 bits per heavy atom. The molecule has 1 saturated heterocycles. The molecule has 4 amide bonds. The minimum Gasteiger partial charge on any atom is -0.366 e. The summed E-state index contributed by atoms with van der Waals surface area (Å²) in [6.07, 6.45) is -4.89. The second kappa shape index (κ2) is 7.09. The molecular formula is C20H14F4N4O3. The summed E-state index contributed by atoms with van der Waals surface area (Å²) in [5.41, 5.74) is 0.558. The molecule has 1 heterocycles. The molecule has 1 aliphatic rings. The lowest BCUT2D eigenvalue weighted by molar-refractivity contribution is -0.137. The van der Waals surface area contributed by atoms with Gasteiger partial charge in [0.2, 0.25) is 0 Å². The van der Waals surface area contributed by atoms with E-state index in [2.05, 4.69) is 0 Å². The standard InChI is InChI=1S/C20H14F4N4O3/c1-19(2)17(30)27(11-4-3-10(9-25)14(7-11)20(22,23)24)18(31)28(19)12-5-6-13(16(26)29)15(21)8-12/h3-8H,1-2H3,(H2,26,29). The molecule has 2 N–H and O–H groups in total. The number of imide groups is 1. The number of amides is 4. The lowest BCUT2D eigenvalue weighted by Crippen LogP contribution is -2.44. The number of rotatable bonds is 3. The molecule has 1 aliphatic heterocycles. The Labute approximate surface area is 173 Å². The van der Waals surface area contributed by atoms with E-state index < -0.39 is 57.8 Å². The average Bonchev–Trinajstić information content (AvgIpc) is 2.84. The van der Waals surface area contributed by atoms with Crippen LogP contribution >= 0.6 is 0 Å². The lowest BCUT2D eigenvalue weighted by atomic mass is 10.0. The van der Waals surface area contributed by atoms with Crippen molar-refractivity contribution in [2.75, 3.05) is 9.80 Å². The van der Waals surface area contributed by atoms with Crippen LogP contribution in [0.5, 0.6) is 0 Å². The number of carbonyl (C=O) groups is 3. The molecule has 3 rings (SSSR count). The highest BCUT2D eigenvalue weighted by Crippen LogP contribution is 2.39. The van der Waals surface area contributed by atoms with Gasteiger partial charge in [-0.2, -0.15) is 18.4 Å². The highest BCUT2D eigenvalue weighted by atomic mass is 19.4. The van der Waals surface area contributed by atoms with Crippen LogP contribution in [0.25, 0.3) is 0 Å². The summed E-state index contributed by atoms with van der Waals surface area (Å²) < 4.78 is 54.2. The zero-order valence-corrected chi connectivity index (χ0v) is 16.1. The largest absolute Gasteiger partial charge is 0.417 e. The van der Waals surface area contributed by atoms with E-state index in [1.54, 1.807) is 0 Å². The molecule has 0 spiro atoms. The number of alkyl halides is 3. The maximum Gasteiger partial charge on any atom is 0.417 e. The first kappa shape index (κ1) is 21.8. The van der Waals surface area contributed by atoms with Crippen LogP contribution < -0.4 is 15.5 Å². The number of hydrogen-bond acceptors (Lipinski definition) is 4. The molecule has 0 unspecified atom stereocenters. The number of hydrogen-bond donors (Lipinski definition) is 1. The summed E-state index contributed by atoms with van der Waals surface area (Å²) >= 11 is 0. The monoisotopic (exact) mass is 434 g/mol. The summed E-state index contributed by atoms with van der Waals surface area (Å²) in [5, 5.41) is 8.93. The fourth-order valence-corrected chi connectivity index (χ4v) is 3.30. The van der Waals surface area contributed by atoms with Crippen molar-refractivity contribution >= 4 is 29.2 Å². The molecule has 0 atom stereocenters. The van der Waals surface area contributed by atoms with E-state index in [1.165, 1.54) is 26.0 Å². The van der Waals surface area contributed by atoms with Gasteiger partial charge in [-0.15, -0.1) is 0 Å². The molecule has 0 aromatic heterocycles. The van der Waals surface area contributed by atoms with Gasteiger partial charge in [-0.3, -0.25) is 14.5 Å². The maximum atomic E-state index is 14.2. The Morgan fingerprint density at radius 3 is 2.23 bits per heavy atom. The molecule has 0 aliphatic carbocycles. The van der Waals surface area contributed by atoms with Crippen LogP contribution in [0.2, 0.25) is 0 Å². The van der Waals surface area contributed by atoms with Gasteiger partial charge in [0.05, 0.1) is 28.4 Å². The minimum atomic E-state index is -4.89. The summed E-state index contributed by atoms with van der Waals surface area (Å²) in [5.74, 6) is -2.93. The Balaban J connectivity index is 2.12. The molecule has 2 aromatic rings. The number of anilines is 2. The third kappa shape index (κ3) is 3.46. The van der Waals surface area contributed by atoms with Gasteiger partial charge in [0.15, 0.2) is 0 Å².